The van der Waals surface area contributed by atoms with Crippen LogP contribution in [0.2, 0.25) is 0 Å². The predicted molar refractivity (Wildman–Crippen MR) is 113 cm³/mol. The fourth-order valence-electron chi connectivity index (χ4n) is 3.17. The van der Waals surface area contributed by atoms with Crippen molar-refractivity contribution in [1.82, 2.24) is 4.72 Å². The quantitative estimate of drug-likeness (QED) is 0.620. The van der Waals surface area contributed by atoms with Gasteiger partial charge < -0.3 is 4.90 Å². The summed E-state index contributed by atoms with van der Waals surface area (Å²) < 4.78 is 51.1. The number of amides is 1. The van der Waals surface area contributed by atoms with Gasteiger partial charge in [-0.05, 0) is 64.2 Å². The molecule has 1 heterocycles. The minimum Gasteiger partial charge on any atom is -0.312 e. The molecule has 0 fully saturated rings. The molecule has 0 saturated heterocycles. The first-order chi connectivity index (χ1) is 13.5. The number of carbonyl (C=O) groups excluding carboxylic acids is 1. The summed E-state index contributed by atoms with van der Waals surface area (Å²) in [7, 11) is -7.58. The van der Waals surface area contributed by atoms with Crippen molar-refractivity contribution in [2.24, 2.45) is 5.14 Å². The van der Waals surface area contributed by atoms with E-state index in [0.717, 1.165) is 11.1 Å². The van der Waals surface area contributed by atoms with Crippen LogP contribution in [0.15, 0.2) is 50.7 Å². The SMILES string of the molecule is CC(=O)N1CCc2cc(Br)c(S(=O)(=O)NCCc3ccc(S(N)(=O)=O)cc3)cc21. The second-order valence-electron chi connectivity index (χ2n) is 6.67. The van der Waals surface area contributed by atoms with Gasteiger partial charge in [0.25, 0.3) is 0 Å². The van der Waals surface area contributed by atoms with E-state index < -0.39 is 20.0 Å². The normalized spacial score (nSPS) is 14.1. The minimum absolute atomic E-state index is 0.000993. The van der Waals surface area contributed by atoms with E-state index in [1.807, 2.05) is 0 Å². The first-order valence-electron chi connectivity index (χ1n) is 8.71. The number of primary sulfonamides is 1. The molecule has 2 aromatic rings. The van der Waals surface area contributed by atoms with Gasteiger partial charge in [0, 0.05) is 30.2 Å². The van der Waals surface area contributed by atoms with E-state index in [1.165, 1.54) is 25.1 Å². The minimum atomic E-state index is -3.81. The Morgan fingerprint density at radius 2 is 1.83 bits per heavy atom. The van der Waals surface area contributed by atoms with E-state index in [2.05, 4.69) is 20.7 Å². The Morgan fingerprint density at radius 1 is 1.17 bits per heavy atom. The van der Waals surface area contributed by atoms with Crippen LogP contribution in [0.5, 0.6) is 0 Å². The molecule has 3 N–H and O–H groups in total. The van der Waals surface area contributed by atoms with E-state index in [4.69, 9.17) is 5.14 Å². The number of hydrogen-bond donors (Lipinski definition) is 2. The zero-order valence-electron chi connectivity index (χ0n) is 15.6. The van der Waals surface area contributed by atoms with Crippen molar-refractivity contribution in [3.63, 3.8) is 0 Å². The van der Waals surface area contributed by atoms with Crippen molar-refractivity contribution in [1.29, 1.82) is 0 Å². The number of rotatable bonds is 6. The van der Waals surface area contributed by atoms with E-state index >= 15 is 0 Å². The third-order valence-corrected chi connectivity index (χ3v) is 8.00. The Hall–Kier alpha value is -1.79. The lowest BCUT2D eigenvalue weighted by molar-refractivity contribution is -0.116. The number of benzene rings is 2. The fourth-order valence-corrected chi connectivity index (χ4v) is 5.83. The average molecular weight is 502 g/mol. The number of halogens is 1. The van der Waals surface area contributed by atoms with Gasteiger partial charge in [0.15, 0.2) is 0 Å². The van der Waals surface area contributed by atoms with E-state index in [0.29, 0.717) is 29.5 Å². The molecular formula is C18H20BrN3O5S2. The molecule has 2 aromatic carbocycles. The molecule has 0 saturated carbocycles. The number of hydrogen-bond acceptors (Lipinski definition) is 5. The summed E-state index contributed by atoms with van der Waals surface area (Å²) in [6.07, 6.45) is 1.04. The summed E-state index contributed by atoms with van der Waals surface area (Å²) in [4.78, 5) is 13.4. The monoisotopic (exact) mass is 501 g/mol. The lowest BCUT2D eigenvalue weighted by Crippen LogP contribution is -2.28. The molecule has 1 aliphatic rings. The van der Waals surface area contributed by atoms with E-state index in [-0.39, 0.29) is 22.2 Å². The summed E-state index contributed by atoms with van der Waals surface area (Å²) in [6.45, 7) is 2.10. The smallest absolute Gasteiger partial charge is 0.241 e. The van der Waals surface area contributed by atoms with Gasteiger partial charge in [-0.1, -0.05) is 12.1 Å². The number of nitrogens with two attached hydrogens (primary N) is 1. The first-order valence-corrected chi connectivity index (χ1v) is 12.5. The van der Waals surface area contributed by atoms with Crippen molar-refractivity contribution in [3.05, 3.63) is 52.0 Å². The lowest BCUT2D eigenvalue weighted by Gasteiger charge is -2.17. The molecule has 0 aliphatic carbocycles. The van der Waals surface area contributed by atoms with Crippen LogP contribution < -0.4 is 14.8 Å². The number of nitrogens with one attached hydrogen (secondary N) is 1. The van der Waals surface area contributed by atoms with Crippen molar-refractivity contribution >= 4 is 47.6 Å². The Kier molecular flexibility index (Phi) is 6.16. The number of sulfonamides is 2. The van der Waals surface area contributed by atoms with Crippen LogP contribution in [0, 0.1) is 0 Å². The van der Waals surface area contributed by atoms with Crippen LogP contribution in [0.3, 0.4) is 0 Å². The molecule has 156 valence electrons. The van der Waals surface area contributed by atoms with E-state index in [1.54, 1.807) is 23.1 Å². The molecule has 0 unspecified atom stereocenters. The van der Waals surface area contributed by atoms with Crippen LogP contribution in [0.1, 0.15) is 18.1 Å². The maximum Gasteiger partial charge on any atom is 0.241 e. The molecule has 1 aliphatic heterocycles. The van der Waals surface area contributed by atoms with Gasteiger partial charge >= 0.3 is 0 Å². The van der Waals surface area contributed by atoms with Crippen LogP contribution in [0.4, 0.5) is 5.69 Å². The molecular weight excluding hydrogens is 482 g/mol. The average Bonchev–Trinajstić information content (AvgIpc) is 3.03. The largest absolute Gasteiger partial charge is 0.312 e. The highest BCUT2D eigenvalue weighted by atomic mass is 79.9. The zero-order valence-corrected chi connectivity index (χ0v) is 18.8. The van der Waals surface area contributed by atoms with E-state index in [9.17, 15) is 21.6 Å². The molecule has 0 radical (unpaired) electrons. The molecule has 11 heteroatoms. The molecule has 3 rings (SSSR count). The Labute approximate surface area is 178 Å². The summed E-state index contributed by atoms with van der Waals surface area (Å²) in [5, 5.41) is 5.06. The Balaban J connectivity index is 1.73. The van der Waals surface area contributed by atoms with Crippen LogP contribution in [0.25, 0.3) is 0 Å². The number of carbonyl (C=O) groups is 1. The summed E-state index contributed by atoms with van der Waals surface area (Å²) >= 11 is 3.31. The molecule has 0 spiro atoms. The summed E-state index contributed by atoms with van der Waals surface area (Å²) in [5.74, 6) is -0.134. The molecule has 1 amide bonds. The van der Waals surface area contributed by atoms with Gasteiger partial charge in [-0.25, -0.2) is 26.7 Å². The third kappa shape index (κ3) is 4.86. The molecule has 0 atom stereocenters. The van der Waals surface area contributed by atoms with Crippen molar-refractivity contribution in [2.45, 2.75) is 29.6 Å². The van der Waals surface area contributed by atoms with Crippen LogP contribution in [-0.2, 0) is 37.7 Å². The highest BCUT2D eigenvalue weighted by molar-refractivity contribution is 9.10. The van der Waals surface area contributed by atoms with Gasteiger partial charge in [0.05, 0.1) is 9.79 Å². The van der Waals surface area contributed by atoms with Gasteiger partial charge in [0.2, 0.25) is 26.0 Å². The maximum atomic E-state index is 12.8. The highest BCUT2D eigenvalue weighted by Crippen LogP contribution is 2.35. The van der Waals surface area contributed by atoms with Gasteiger partial charge in [0.1, 0.15) is 0 Å². The second kappa shape index (κ2) is 8.15. The molecule has 0 bridgehead atoms. The summed E-state index contributed by atoms with van der Waals surface area (Å²) in [5.41, 5.74) is 2.29. The molecule has 0 aromatic heterocycles. The first kappa shape index (κ1) is 21.9. The van der Waals surface area contributed by atoms with Crippen LogP contribution in [-0.4, -0.2) is 35.8 Å². The Bertz CT molecular complexity index is 1160. The second-order valence-corrected chi connectivity index (χ2v) is 10.8. The Morgan fingerprint density at radius 3 is 2.41 bits per heavy atom. The fraction of sp³-hybridized carbons (Fsp3) is 0.278. The summed E-state index contributed by atoms with van der Waals surface area (Å²) in [6, 6.07) is 9.18. The van der Waals surface area contributed by atoms with Crippen molar-refractivity contribution in [2.75, 3.05) is 18.0 Å². The van der Waals surface area contributed by atoms with Gasteiger partial charge in [-0.2, -0.15) is 0 Å². The number of fused-ring (bicyclic) bond motifs is 1. The van der Waals surface area contributed by atoms with Gasteiger partial charge in [-0.3, -0.25) is 4.79 Å². The highest BCUT2D eigenvalue weighted by Gasteiger charge is 2.27. The van der Waals surface area contributed by atoms with Crippen molar-refractivity contribution < 1.29 is 21.6 Å². The maximum absolute atomic E-state index is 12.8. The van der Waals surface area contributed by atoms with Crippen LogP contribution >= 0.6 is 15.9 Å². The number of nitrogens with zero attached hydrogens (tertiary/aromatic N) is 1. The zero-order chi connectivity index (χ0) is 21.4. The number of anilines is 1. The van der Waals surface area contributed by atoms with Gasteiger partial charge in [-0.15, -0.1) is 0 Å². The lowest BCUT2D eigenvalue weighted by atomic mass is 10.2. The standard InChI is InChI=1S/C18H20BrN3O5S2/c1-12(23)22-9-7-14-10-16(19)18(11-17(14)22)29(26,27)21-8-6-13-2-4-15(5-3-13)28(20,24)25/h2-5,10-11,21H,6-9H2,1H3,(H2,20,24,25). The third-order valence-electron chi connectivity index (χ3n) is 4.66. The molecule has 29 heavy (non-hydrogen) atoms. The predicted octanol–water partition coefficient (Wildman–Crippen LogP) is 1.53. The molecule has 8 nitrogen and oxygen atoms in total. The van der Waals surface area contributed by atoms with Crippen molar-refractivity contribution in [3.8, 4) is 0 Å². The topological polar surface area (TPSA) is 127 Å².